The highest BCUT2D eigenvalue weighted by molar-refractivity contribution is 7.11. The number of nitro benzene ring substituents is 1. The maximum atomic E-state index is 10.8. The lowest BCUT2D eigenvalue weighted by molar-refractivity contribution is -0.384. The summed E-state index contributed by atoms with van der Waals surface area (Å²) >= 11 is 7.25. The van der Waals surface area contributed by atoms with Gasteiger partial charge in [0, 0.05) is 28.1 Å². The molecule has 30 heavy (non-hydrogen) atoms. The number of rotatable bonds is 5. The Bertz CT molecular complexity index is 1280. The minimum atomic E-state index is -0.465. The van der Waals surface area contributed by atoms with Crippen LogP contribution < -0.4 is 0 Å². The summed E-state index contributed by atoms with van der Waals surface area (Å²) in [6.45, 7) is 0. The standard InChI is InChI=1S/C22H12ClN3O3S/c23-17-5-3-15(4-6-17)20-9-10-21(29-20)19-13-30-22(25-19)16(12-24)11-14-1-7-18(8-2-14)26(27)28/h1-11,13H. The van der Waals surface area contributed by atoms with Crippen molar-refractivity contribution in [3.63, 3.8) is 0 Å². The van der Waals surface area contributed by atoms with E-state index in [-0.39, 0.29) is 5.69 Å². The summed E-state index contributed by atoms with van der Waals surface area (Å²) in [6, 6.07) is 19.1. The lowest BCUT2D eigenvalue weighted by Crippen LogP contribution is -1.87. The first-order chi connectivity index (χ1) is 14.5. The fourth-order valence-electron chi connectivity index (χ4n) is 2.76. The van der Waals surface area contributed by atoms with Crippen LogP contribution in [0.15, 0.2) is 70.5 Å². The van der Waals surface area contributed by atoms with Gasteiger partial charge in [-0.25, -0.2) is 4.98 Å². The summed E-state index contributed by atoms with van der Waals surface area (Å²) in [5, 5.41) is 23.3. The van der Waals surface area contributed by atoms with Crippen molar-refractivity contribution in [2.45, 2.75) is 0 Å². The van der Waals surface area contributed by atoms with Crippen LogP contribution in [0, 0.1) is 21.4 Å². The summed E-state index contributed by atoms with van der Waals surface area (Å²) in [6.07, 6.45) is 1.65. The number of aromatic nitrogens is 1. The first-order valence-electron chi connectivity index (χ1n) is 8.72. The van der Waals surface area contributed by atoms with Gasteiger partial charge in [0.2, 0.25) is 0 Å². The van der Waals surface area contributed by atoms with Crippen molar-refractivity contribution < 1.29 is 9.34 Å². The summed E-state index contributed by atoms with van der Waals surface area (Å²) in [5.74, 6) is 1.29. The first kappa shape index (κ1) is 19.6. The van der Waals surface area contributed by atoms with Crippen LogP contribution in [0.2, 0.25) is 5.02 Å². The molecule has 0 fully saturated rings. The highest BCUT2D eigenvalue weighted by atomic mass is 35.5. The molecule has 146 valence electrons. The summed E-state index contributed by atoms with van der Waals surface area (Å²) in [5.41, 5.74) is 2.56. The van der Waals surface area contributed by atoms with E-state index >= 15 is 0 Å². The van der Waals surface area contributed by atoms with E-state index in [4.69, 9.17) is 16.0 Å². The van der Waals surface area contributed by atoms with Crippen LogP contribution in [0.3, 0.4) is 0 Å². The Balaban J connectivity index is 1.59. The van der Waals surface area contributed by atoms with E-state index < -0.39 is 4.92 Å². The molecule has 4 rings (SSSR count). The van der Waals surface area contributed by atoms with Gasteiger partial charge in [-0.2, -0.15) is 5.26 Å². The SMILES string of the molecule is N#CC(=Cc1ccc([N+](=O)[O-])cc1)c1nc(-c2ccc(-c3ccc(Cl)cc3)o2)cs1. The molecule has 0 saturated heterocycles. The zero-order valence-corrected chi connectivity index (χ0v) is 16.9. The van der Waals surface area contributed by atoms with Gasteiger partial charge in [-0.05, 0) is 60.2 Å². The number of non-ortho nitro benzene ring substituents is 1. The third-order valence-corrected chi connectivity index (χ3v) is 5.38. The number of furan rings is 1. The number of nitriles is 1. The highest BCUT2D eigenvalue weighted by Gasteiger charge is 2.13. The van der Waals surface area contributed by atoms with Crippen LogP contribution in [0.5, 0.6) is 0 Å². The Labute approximate surface area is 180 Å². The zero-order valence-electron chi connectivity index (χ0n) is 15.3. The van der Waals surface area contributed by atoms with Crippen molar-refractivity contribution in [1.29, 1.82) is 5.26 Å². The largest absolute Gasteiger partial charge is 0.454 e. The molecule has 6 nitrogen and oxygen atoms in total. The second kappa shape index (κ2) is 8.33. The van der Waals surface area contributed by atoms with Gasteiger partial charge in [-0.3, -0.25) is 10.1 Å². The summed E-state index contributed by atoms with van der Waals surface area (Å²) < 4.78 is 5.91. The molecule has 2 heterocycles. The molecule has 4 aromatic rings. The highest BCUT2D eigenvalue weighted by Crippen LogP contribution is 2.32. The Morgan fingerprint density at radius 1 is 1.10 bits per heavy atom. The minimum Gasteiger partial charge on any atom is -0.454 e. The molecule has 0 saturated carbocycles. The predicted octanol–water partition coefficient (Wildman–Crippen LogP) is 6.70. The molecule has 2 aromatic carbocycles. The first-order valence-corrected chi connectivity index (χ1v) is 9.97. The molecule has 0 bridgehead atoms. The fraction of sp³-hybridized carbons (Fsp3) is 0. The summed E-state index contributed by atoms with van der Waals surface area (Å²) in [7, 11) is 0. The van der Waals surface area contributed by atoms with Crippen molar-refractivity contribution in [2.75, 3.05) is 0 Å². The maximum Gasteiger partial charge on any atom is 0.269 e. The molecule has 0 aliphatic rings. The van der Waals surface area contributed by atoms with Crippen molar-refractivity contribution in [1.82, 2.24) is 4.98 Å². The van der Waals surface area contributed by atoms with E-state index in [0.717, 1.165) is 5.56 Å². The number of thiazole rings is 1. The smallest absolute Gasteiger partial charge is 0.269 e. The third kappa shape index (κ3) is 4.15. The molecule has 8 heteroatoms. The number of nitro groups is 1. The zero-order chi connectivity index (χ0) is 21.1. The number of benzene rings is 2. The molecule has 0 N–H and O–H groups in total. The monoisotopic (exact) mass is 433 g/mol. The van der Waals surface area contributed by atoms with Crippen molar-refractivity contribution in [2.24, 2.45) is 0 Å². The maximum absolute atomic E-state index is 10.8. The van der Waals surface area contributed by atoms with E-state index in [9.17, 15) is 15.4 Å². The normalized spacial score (nSPS) is 11.3. The van der Waals surface area contributed by atoms with Crippen LogP contribution in [0.25, 0.3) is 34.4 Å². The van der Waals surface area contributed by atoms with Gasteiger partial charge in [0.05, 0.1) is 10.5 Å². The average molecular weight is 434 g/mol. The van der Waals surface area contributed by atoms with Gasteiger partial charge < -0.3 is 4.42 Å². The van der Waals surface area contributed by atoms with Crippen LogP contribution in [0.4, 0.5) is 5.69 Å². The molecule has 0 atom stereocenters. The molecule has 0 unspecified atom stereocenters. The number of halogens is 1. The molecule has 0 aliphatic carbocycles. The lowest BCUT2D eigenvalue weighted by Gasteiger charge is -1.97. The van der Waals surface area contributed by atoms with Gasteiger partial charge in [0.25, 0.3) is 5.69 Å². The van der Waals surface area contributed by atoms with Gasteiger partial charge in [0.1, 0.15) is 22.5 Å². The third-order valence-electron chi connectivity index (χ3n) is 4.26. The van der Waals surface area contributed by atoms with Gasteiger partial charge in [-0.1, -0.05) is 11.6 Å². The molecule has 0 amide bonds. The van der Waals surface area contributed by atoms with Gasteiger partial charge >= 0.3 is 0 Å². The number of nitrogens with zero attached hydrogens (tertiary/aromatic N) is 3. The molecule has 0 spiro atoms. The summed E-state index contributed by atoms with van der Waals surface area (Å²) in [4.78, 5) is 14.8. The topological polar surface area (TPSA) is 93.0 Å². The van der Waals surface area contributed by atoms with Gasteiger partial charge in [-0.15, -0.1) is 11.3 Å². The number of hydrogen-bond donors (Lipinski definition) is 0. The van der Waals surface area contributed by atoms with E-state index in [2.05, 4.69) is 11.1 Å². The van der Waals surface area contributed by atoms with Crippen LogP contribution in [-0.2, 0) is 0 Å². The van der Waals surface area contributed by atoms with Crippen molar-refractivity contribution in [3.05, 3.63) is 91.8 Å². The Morgan fingerprint density at radius 2 is 1.80 bits per heavy atom. The van der Waals surface area contributed by atoms with Crippen molar-refractivity contribution >= 4 is 40.3 Å². The molecular formula is C22H12ClN3O3S. The molecule has 0 aliphatic heterocycles. The quantitative estimate of drug-likeness (QED) is 0.198. The van der Waals surface area contributed by atoms with Gasteiger partial charge in [0.15, 0.2) is 5.76 Å². The second-order valence-electron chi connectivity index (χ2n) is 6.23. The van der Waals surface area contributed by atoms with Crippen LogP contribution >= 0.6 is 22.9 Å². The van der Waals surface area contributed by atoms with Crippen molar-refractivity contribution in [3.8, 4) is 28.8 Å². The fourth-order valence-corrected chi connectivity index (χ4v) is 3.66. The Kier molecular flexibility index (Phi) is 5.44. The molecular weight excluding hydrogens is 422 g/mol. The van der Waals surface area contributed by atoms with E-state index in [1.54, 1.807) is 30.3 Å². The molecule has 2 aromatic heterocycles. The average Bonchev–Trinajstić information content (AvgIpc) is 3.43. The second-order valence-corrected chi connectivity index (χ2v) is 7.52. The Morgan fingerprint density at radius 3 is 2.47 bits per heavy atom. The number of allylic oxidation sites excluding steroid dienone is 1. The number of hydrogen-bond acceptors (Lipinski definition) is 6. The molecule has 0 radical (unpaired) electrons. The Hall–Kier alpha value is -3.73. The van der Waals surface area contributed by atoms with Crippen LogP contribution in [0.1, 0.15) is 10.6 Å². The van der Waals surface area contributed by atoms with E-state index in [1.807, 2.05) is 29.6 Å². The minimum absolute atomic E-state index is 0.00324. The van der Waals surface area contributed by atoms with E-state index in [0.29, 0.717) is 38.4 Å². The van der Waals surface area contributed by atoms with Crippen LogP contribution in [-0.4, -0.2) is 9.91 Å². The lowest BCUT2D eigenvalue weighted by atomic mass is 10.1. The predicted molar refractivity (Wildman–Crippen MR) is 117 cm³/mol. The van der Waals surface area contributed by atoms with E-state index in [1.165, 1.54) is 23.5 Å².